The molecule has 10 heteroatoms. The van der Waals surface area contributed by atoms with Gasteiger partial charge in [0.2, 0.25) is 17.8 Å². The SMILES string of the molecule is O=C[C@@H](Nc1nc(N2CCOCC2)nc(-n2c(CF)nc3ccccc32)n1)c1ccccc1. The Morgan fingerprint density at radius 3 is 2.45 bits per heavy atom. The van der Waals surface area contributed by atoms with Crippen LogP contribution in [-0.4, -0.2) is 57.1 Å². The van der Waals surface area contributed by atoms with Crippen LogP contribution in [0.15, 0.2) is 54.6 Å². The second-order valence-electron chi connectivity index (χ2n) is 7.51. The predicted molar refractivity (Wildman–Crippen MR) is 121 cm³/mol. The number of carbonyl (C=O) groups excluding carboxylic acids is 1. The van der Waals surface area contributed by atoms with E-state index in [4.69, 9.17) is 4.74 Å². The lowest BCUT2D eigenvalue weighted by molar-refractivity contribution is -0.108. The maximum Gasteiger partial charge on any atom is 0.242 e. The molecule has 0 spiro atoms. The van der Waals surface area contributed by atoms with Crippen molar-refractivity contribution in [3.63, 3.8) is 0 Å². The number of aldehydes is 1. The zero-order valence-electron chi connectivity index (χ0n) is 17.8. The molecule has 1 saturated heterocycles. The van der Waals surface area contributed by atoms with Gasteiger partial charge in [0.15, 0.2) is 0 Å². The number of hydrogen-bond acceptors (Lipinski definition) is 8. The minimum absolute atomic E-state index is 0.191. The van der Waals surface area contributed by atoms with Gasteiger partial charge < -0.3 is 19.7 Å². The molecule has 168 valence electrons. The Labute approximate surface area is 189 Å². The van der Waals surface area contributed by atoms with Crippen molar-refractivity contribution in [3.8, 4) is 5.95 Å². The summed E-state index contributed by atoms with van der Waals surface area (Å²) in [5, 5.41) is 3.10. The van der Waals surface area contributed by atoms with E-state index in [1.165, 1.54) is 0 Å². The summed E-state index contributed by atoms with van der Waals surface area (Å²) in [7, 11) is 0. The highest BCUT2D eigenvalue weighted by Gasteiger charge is 2.22. The van der Waals surface area contributed by atoms with Crippen molar-refractivity contribution in [1.82, 2.24) is 24.5 Å². The largest absolute Gasteiger partial charge is 0.378 e. The summed E-state index contributed by atoms with van der Waals surface area (Å²) >= 11 is 0. The molecule has 1 aliphatic heterocycles. The summed E-state index contributed by atoms with van der Waals surface area (Å²) in [6, 6.07) is 16.0. The number of rotatable bonds is 7. The number of anilines is 2. The summed E-state index contributed by atoms with van der Waals surface area (Å²) in [4.78, 5) is 32.0. The van der Waals surface area contributed by atoms with Crippen molar-refractivity contribution in [2.24, 2.45) is 0 Å². The van der Waals surface area contributed by atoms with Crippen molar-refractivity contribution in [3.05, 3.63) is 66.0 Å². The van der Waals surface area contributed by atoms with Crippen LogP contribution < -0.4 is 10.2 Å². The summed E-state index contributed by atoms with van der Waals surface area (Å²) < 4.78 is 20.9. The number of ether oxygens (including phenoxy) is 1. The minimum Gasteiger partial charge on any atom is -0.378 e. The van der Waals surface area contributed by atoms with Crippen molar-refractivity contribution < 1.29 is 13.9 Å². The van der Waals surface area contributed by atoms with E-state index >= 15 is 0 Å². The second-order valence-corrected chi connectivity index (χ2v) is 7.51. The maximum absolute atomic E-state index is 13.9. The summed E-state index contributed by atoms with van der Waals surface area (Å²) in [6.07, 6.45) is 0.798. The number of imidazole rings is 1. The molecule has 1 aliphatic rings. The van der Waals surface area contributed by atoms with Crippen LogP contribution in [0.1, 0.15) is 17.4 Å². The van der Waals surface area contributed by atoms with Crippen molar-refractivity contribution in [2.75, 3.05) is 36.5 Å². The number of halogens is 1. The molecule has 5 rings (SSSR count). The number of para-hydroxylation sites is 2. The van der Waals surface area contributed by atoms with Crippen LogP contribution >= 0.6 is 0 Å². The number of fused-ring (bicyclic) bond motifs is 1. The average molecular weight is 447 g/mol. The molecule has 2 aromatic carbocycles. The number of morpholine rings is 1. The maximum atomic E-state index is 13.9. The molecule has 1 atom stereocenters. The van der Waals surface area contributed by atoms with E-state index in [1.54, 1.807) is 4.57 Å². The zero-order chi connectivity index (χ0) is 22.6. The van der Waals surface area contributed by atoms with Gasteiger partial charge in [0.05, 0.1) is 24.2 Å². The molecule has 33 heavy (non-hydrogen) atoms. The van der Waals surface area contributed by atoms with E-state index in [-0.39, 0.29) is 17.7 Å². The van der Waals surface area contributed by atoms with Gasteiger partial charge in [0.25, 0.3) is 0 Å². The normalized spacial score (nSPS) is 14.9. The highest BCUT2D eigenvalue weighted by Crippen LogP contribution is 2.24. The van der Waals surface area contributed by atoms with Gasteiger partial charge in [-0.15, -0.1) is 0 Å². The van der Waals surface area contributed by atoms with Gasteiger partial charge in [-0.25, -0.2) is 9.37 Å². The molecule has 0 saturated carbocycles. The topological polar surface area (TPSA) is 98.1 Å². The van der Waals surface area contributed by atoms with Crippen LogP contribution in [0.3, 0.4) is 0 Å². The lowest BCUT2D eigenvalue weighted by Crippen LogP contribution is -2.37. The fourth-order valence-corrected chi connectivity index (χ4v) is 3.81. The lowest BCUT2D eigenvalue weighted by atomic mass is 10.1. The Kier molecular flexibility index (Phi) is 5.90. The number of alkyl halides is 1. The Bertz CT molecular complexity index is 1260. The molecule has 2 aromatic heterocycles. The number of aromatic nitrogens is 5. The summed E-state index contributed by atoms with van der Waals surface area (Å²) in [5.41, 5.74) is 2.10. The van der Waals surface area contributed by atoms with Crippen LogP contribution in [0, 0.1) is 0 Å². The van der Waals surface area contributed by atoms with Gasteiger partial charge in [-0.3, -0.25) is 4.57 Å². The molecule has 0 unspecified atom stereocenters. The third-order valence-electron chi connectivity index (χ3n) is 5.43. The van der Waals surface area contributed by atoms with E-state index in [0.29, 0.717) is 43.3 Å². The fourth-order valence-electron chi connectivity index (χ4n) is 3.81. The first-order chi connectivity index (χ1) is 16.3. The van der Waals surface area contributed by atoms with E-state index < -0.39 is 12.7 Å². The molecule has 0 aliphatic carbocycles. The highest BCUT2D eigenvalue weighted by molar-refractivity contribution is 5.77. The number of hydrogen-bond donors (Lipinski definition) is 1. The number of carbonyl (C=O) groups is 1. The van der Waals surface area contributed by atoms with E-state index in [2.05, 4.69) is 25.3 Å². The third kappa shape index (κ3) is 4.24. The fraction of sp³-hybridized carbons (Fsp3) is 0.261. The first-order valence-corrected chi connectivity index (χ1v) is 10.6. The number of nitrogens with one attached hydrogen (secondary N) is 1. The zero-order valence-corrected chi connectivity index (χ0v) is 17.8. The molecule has 1 N–H and O–H groups in total. The Morgan fingerprint density at radius 1 is 0.970 bits per heavy atom. The molecular formula is C23H22FN7O2. The smallest absolute Gasteiger partial charge is 0.242 e. The first-order valence-electron chi connectivity index (χ1n) is 10.6. The van der Waals surface area contributed by atoms with Crippen LogP contribution in [0.25, 0.3) is 17.0 Å². The quantitative estimate of drug-likeness (QED) is 0.432. The van der Waals surface area contributed by atoms with Gasteiger partial charge in [-0.1, -0.05) is 42.5 Å². The van der Waals surface area contributed by atoms with Crippen LogP contribution in [0.4, 0.5) is 16.3 Å². The van der Waals surface area contributed by atoms with Crippen molar-refractivity contribution in [2.45, 2.75) is 12.7 Å². The van der Waals surface area contributed by atoms with Crippen LogP contribution in [0.5, 0.6) is 0 Å². The Balaban J connectivity index is 1.62. The average Bonchev–Trinajstić information content (AvgIpc) is 3.27. The van der Waals surface area contributed by atoms with E-state index in [1.807, 2.05) is 59.5 Å². The third-order valence-corrected chi connectivity index (χ3v) is 5.43. The highest BCUT2D eigenvalue weighted by atomic mass is 19.1. The number of nitrogens with zero attached hydrogens (tertiary/aromatic N) is 6. The van der Waals surface area contributed by atoms with Gasteiger partial charge in [-0.05, 0) is 17.7 Å². The molecule has 0 radical (unpaired) electrons. The second kappa shape index (κ2) is 9.29. The Hall–Kier alpha value is -3.92. The number of benzene rings is 2. The Morgan fingerprint density at radius 2 is 1.70 bits per heavy atom. The lowest BCUT2D eigenvalue weighted by Gasteiger charge is -2.27. The van der Waals surface area contributed by atoms with Crippen molar-refractivity contribution in [1.29, 1.82) is 0 Å². The standard InChI is InChI=1S/C23H22FN7O2/c24-14-20-25-17-8-4-5-9-19(17)31(20)23-28-21(26-18(15-32)16-6-2-1-3-7-16)27-22(29-23)30-10-12-33-13-11-30/h1-9,15,18H,10-14H2,(H,26,27,28,29)/t18-/m1/s1. The van der Waals surface area contributed by atoms with Crippen LogP contribution in [-0.2, 0) is 16.2 Å². The molecule has 4 aromatic rings. The predicted octanol–water partition coefficient (Wildman–Crippen LogP) is 2.87. The summed E-state index contributed by atoms with van der Waals surface area (Å²) in [5.74, 6) is 1.06. The molecule has 3 heterocycles. The monoisotopic (exact) mass is 447 g/mol. The van der Waals surface area contributed by atoms with Gasteiger partial charge in [0, 0.05) is 13.1 Å². The van der Waals surface area contributed by atoms with Gasteiger partial charge >= 0.3 is 0 Å². The van der Waals surface area contributed by atoms with Crippen LogP contribution in [0.2, 0.25) is 0 Å². The van der Waals surface area contributed by atoms with Crippen molar-refractivity contribution >= 4 is 29.2 Å². The van der Waals surface area contributed by atoms with E-state index in [0.717, 1.165) is 11.8 Å². The van der Waals surface area contributed by atoms with E-state index in [9.17, 15) is 9.18 Å². The minimum atomic E-state index is -0.781. The molecular weight excluding hydrogens is 425 g/mol. The molecule has 9 nitrogen and oxygen atoms in total. The summed E-state index contributed by atoms with van der Waals surface area (Å²) in [6.45, 7) is 1.54. The molecule has 1 fully saturated rings. The molecule has 0 bridgehead atoms. The molecule has 0 amide bonds. The van der Waals surface area contributed by atoms with Gasteiger partial charge in [0.1, 0.15) is 24.8 Å². The first kappa shape index (κ1) is 21.0. The van der Waals surface area contributed by atoms with Gasteiger partial charge in [-0.2, -0.15) is 15.0 Å².